The van der Waals surface area contributed by atoms with Crippen molar-refractivity contribution in [2.45, 2.75) is 20.0 Å². The Bertz CT molecular complexity index is 815. The number of ether oxygens (including phenoxy) is 3. The molecule has 2 rings (SSSR count). The first kappa shape index (κ1) is 20.2. The van der Waals surface area contributed by atoms with Crippen LogP contribution in [0.3, 0.4) is 0 Å². The molecule has 1 aliphatic heterocycles. The molecule has 0 fully saturated rings. The number of hydrogen-bond donors (Lipinski definition) is 2. The zero-order valence-corrected chi connectivity index (χ0v) is 15.8. The van der Waals surface area contributed by atoms with Gasteiger partial charge in [0.15, 0.2) is 0 Å². The van der Waals surface area contributed by atoms with Crippen molar-refractivity contribution in [3.63, 3.8) is 0 Å². The van der Waals surface area contributed by atoms with Crippen LogP contribution in [0, 0.1) is 15.5 Å². The van der Waals surface area contributed by atoms with Crippen LogP contribution in [0.1, 0.15) is 24.5 Å². The molecule has 0 saturated heterocycles. The van der Waals surface area contributed by atoms with Crippen LogP contribution >= 0.6 is 0 Å². The fourth-order valence-electron chi connectivity index (χ4n) is 2.77. The highest BCUT2D eigenvalue weighted by atomic mass is 16.6. The van der Waals surface area contributed by atoms with Gasteiger partial charge >= 0.3 is 5.70 Å². The Balaban J connectivity index is 2.56. The summed E-state index contributed by atoms with van der Waals surface area (Å²) in [5.74, 6) is 1.09. The van der Waals surface area contributed by atoms with Crippen LogP contribution in [0.2, 0.25) is 0 Å². The summed E-state index contributed by atoms with van der Waals surface area (Å²) in [7, 11) is 4.68. The van der Waals surface area contributed by atoms with Gasteiger partial charge in [-0.2, -0.15) is 0 Å². The average Bonchev–Trinajstić information content (AvgIpc) is 2.67. The smallest absolute Gasteiger partial charge is 0.313 e. The minimum Gasteiger partial charge on any atom is -0.496 e. The molecule has 0 saturated carbocycles. The van der Waals surface area contributed by atoms with E-state index in [0.717, 1.165) is 5.56 Å². The lowest BCUT2D eigenvalue weighted by molar-refractivity contribution is -0.416. The van der Waals surface area contributed by atoms with Crippen LogP contribution in [-0.2, 0) is 11.3 Å². The van der Waals surface area contributed by atoms with Crippen molar-refractivity contribution >= 4 is 11.4 Å². The van der Waals surface area contributed by atoms with Gasteiger partial charge in [0.1, 0.15) is 22.9 Å². The Morgan fingerprint density at radius 3 is 2.33 bits per heavy atom. The van der Waals surface area contributed by atoms with Gasteiger partial charge in [0, 0.05) is 7.11 Å². The third kappa shape index (κ3) is 4.35. The van der Waals surface area contributed by atoms with Gasteiger partial charge in [0.25, 0.3) is 0 Å². The highest BCUT2D eigenvalue weighted by Gasteiger charge is 2.25. The predicted molar refractivity (Wildman–Crippen MR) is 103 cm³/mol. The number of nitrogens with one attached hydrogen (secondary N) is 2. The summed E-state index contributed by atoms with van der Waals surface area (Å²) in [6.45, 7) is 2.10. The van der Waals surface area contributed by atoms with E-state index in [1.807, 2.05) is 12.1 Å². The van der Waals surface area contributed by atoms with Crippen LogP contribution in [0.4, 0.5) is 0 Å². The molecule has 1 aromatic rings. The molecule has 0 aromatic heterocycles. The van der Waals surface area contributed by atoms with Crippen molar-refractivity contribution in [1.82, 2.24) is 5.32 Å². The standard InChI is InChI=1S/C19H23N3O5/c1-5-13(20)19(22(23)24)15-8-6-7-14(21-15)18-16(26-3)9-12(11-25-2)10-17(18)27-4/h6-10,20-21H,5,11H2,1-4H3/b19-15+,20-13?. The molecule has 2 N–H and O–H groups in total. The molecule has 0 aliphatic carbocycles. The second-order valence-electron chi connectivity index (χ2n) is 5.72. The largest absolute Gasteiger partial charge is 0.496 e. The lowest BCUT2D eigenvalue weighted by Crippen LogP contribution is -2.22. The number of benzene rings is 1. The van der Waals surface area contributed by atoms with Gasteiger partial charge in [-0.05, 0) is 36.3 Å². The van der Waals surface area contributed by atoms with Gasteiger partial charge in [0.2, 0.25) is 0 Å². The van der Waals surface area contributed by atoms with Crippen LogP contribution in [0.25, 0.3) is 5.70 Å². The SMILES string of the molecule is CCC(=N)/C(=C1/C=CC=C(c2c(OC)cc(COC)cc2OC)N1)[N+](=O)[O-]. The molecule has 0 atom stereocenters. The summed E-state index contributed by atoms with van der Waals surface area (Å²) in [5.41, 5.74) is 2.02. The fraction of sp³-hybridized carbons (Fsp3) is 0.316. The summed E-state index contributed by atoms with van der Waals surface area (Å²) < 4.78 is 16.2. The summed E-state index contributed by atoms with van der Waals surface area (Å²) in [4.78, 5) is 10.9. The van der Waals surface area contributed by atoms with E-state index in [9.17, 15) is 10.1 Å². The Morgan fingerprint density at radius 2 is 1.85 bits per heavy atom. The first-order valence-corrected chi connectivity index (χ1v) is 8.32. The molecular formula is C19H23N3O5. The number of hydrogen-bond acceptors (Lipinski definition) is 7. The molecule has 0 spiro atoms. The first-order valence-electron chi connectivity index (χ1n) is 8.32. The van der Waals surface area contributed by atoms with Crippen LogP contribution in [0.5, 0.6) is 11.5 Å². The van der Waals surface area contributed by atoms with E-state index in [1.54, 1.807) is 46.5 Å². The van der Waals surface area contributed by atoms with Gasteiger partial charge in [-0.15, -0.1) is 0 Å². The van der Waals surface area contributed by atoms with E-state index < -0.39 is 4.92 Å². The monoisotopic (exact) mass is 373 g/mol. The van der Waals surface area contributed by atoms with Crippen molar-refractivity contribution < 1.29 is 19.1 Å². The van der Waals surface area contributed by atoms with Crippen molar-refractivity contribution in [3.05, 3.63) is 63.0 Å². The summed E-state index contributed by atoms with van der Waals surface area (Å²) in [6.07, 6.45) is 5.29. The summed E-state index contributed by atoms with van der Waals surface area (Å²) in [5, 5.41) is 22.4. The molecule has 8 heteroatoms. The number of nitrogens with zero attached hydrogens (tertiary/aromatic N) is 1. The van der Waals surface area contributed by atoms with Crippen molar-refractivity contribution in [3.8, 4) is 11.5 Å². The molecule has 0 radical (unpaired) electrons. The quantitative estimate of drug-likeness (QED) is 0.411. The highest BCUT2D eigenvalue weighted by Crippen LogP contribution is 2.37. The first-order chi connectivity index (χ1) is 13.0. The number of methoxy groups -OCH3 is 3. The molecule has 8 nitrogen and oxygen atoms in total. The second kappa shape index (κ2) is 9.00. The van der Waals surface area contributed by atoms with Crippen LogP contribution < -0.4 is 14.8 Å². The van der Waals surface area contributed by atoms with Gasteiger partial charge in [-0.1, -0.05) is 13.0 Å². The number of rotatable bonds is 8. The summed E-state index contributed by atoms with van der Waals surface area (Å²) >= 11 is 0. The maximum absolute atomic E-state index is 11.5. The van der Waals surface area contributed by atoms with E-state index in [2.05, 4.69) is 5.32 Å². The molecule has 1 aliphatic rings. The Hall–Kier alpha value is -3.13. The van der Waals surface area contributed by atoms with Gasteiger partial charge in [-0.3, -0.25) is 15.5 Å². The third-order valence-corrected chi connectivity index (χ3v) is 4.02. The minimum atomic E-state index is -0.544. The maximum atomic E-state index is 11.5. The average molecular weight is 373 g/mol. The zero-order chi connectivity index (χ0) is 20.0. The molecular weight excluding hydrogens is 350 g/mol. The number of nitro groups is 1. The lowest BCUT2D eigenvalue weighted by Gasteiger charge is -2.21. The minimum absolute atomic E-state index is 0.0530. The molecule has 0 unspecified atom stereocenters. The normalized spacial score (nSPS) is 14.9. The van der Waals surface area contributed by atoms with Gasteiger partial charge < -0.3 is 19.5 Å². The van der Waals surface area contributed by atoms with Crippen molar-refractivity contribution in [1.29, 1.82) is 5.41 Å². The molecule has 0 amide bonds. The molecule has 27 heavy (non-hydrogen) atoms. The van der Waals surface area contributed by atoms with Crippen molar-refractivity contribution in [2.75, 3.05) is 21.3 Å². The van der Waals surface area contributed by atoms with Gasteiger partial charge in [0.05, 0.1) is 37.0 Å². The second-order valence-corrected chi connectivity index (χ2v) is 5.72. The Kier molecular flexibility index (Phi) is 6.73. The van der Waals surface area contributed by atoms with E-state index in [-0.39, 0.29) is 23.5 Å². The maximum Gasteiger partial charge on any atom is 0.313 e. The highest BCUT2D eigenvalue weighted by molar-refractivity contribution is 5.96. The number of allylic oxidation sites excluding steroid dienone is 4. The lowest BCUT2D eigenvalue weighted by atomic mass is 10.0. The van der Waals surface area contributed by atoms with Gasteiger partial charge in [-0.25, -0.2) is 0 Å². The van der Waals surface area contributed by atoms with E-state index in [0.29, 0.717) is 29.4 Å². The van der Waals surface area contributed by atoms with Crippen molar-refractivity contribution in [2.24, 2.45) is 0 Å². The topological polar surface area (TPSA) is 107 Å². The zero-order valence-electron chi connectivity index (χ0n) is 15.8. The van der Waals surface area contributed by atoms with Crippen LogP contribution in [0.15, 0.2) is 41.8 Å². The molecule has 1 aromatic carbocycles. The third-order valence-electron chi connectivity index (χ3n) is 4.02. The molecule has 144 valence electrons. The molecule has 0 bridgehead atoms. The van der Waals surface area contributed by atoms with E-state index in [4.69, 9.17) is 19.6 Å². The fourth-order valence-corrected chi connectivity index (χ4v) is 2.77. The molecule has 1 heterocycles. The predicted octanol–water partition coefficient (Wildman–Crippen LogP) is 3.27. The Labute approximate surface area is 157 Å². The summed E-state index contributed by atoms with van der Waals surface area (Å²) in [6, 6.07) is 3.65. The van der Waals surface area contributed by atoms with Crippen LogP contribution in [-0.4, -0.2) is 32.0 Å². The van der Waals surface area contributed by atoms with E-state index >= 15 is 0 Å². The number of dihydropyridines is 1. The Morgan fingerprint density at radius 1 is 1.22 bits per heavy atom. The van der Waals surface area contributed by atoms with E-state index in [1.165, 1.54) is 0 Å².